The largest absolute Gasteiger partial charge is 0.346 e. The minimum atomic E-state index is 0.583. The molecule has 0 unspecified atom stereocenters. The second kappa shape index (κ2) is 2.74. The van der Waals surface area contributed by atoms with Crippen LogP contribution in [0.1, 0.15) is 12.8 Å². The maximum atomic E-state index is 5.24. The molecule has 1 aliphatic heterocycles. The summed E-state index contributed by atoms with van der Waals surface area (Å²) in [6, 6.07) is 0. The van der Waals surface area contributed by atoms with E-state index in [2.05, 4.69) is 11.2 Å². The molecule has 44 valence electrons. The Morgan fingerprint density at radius 2 is 2.00 bits per heavy atom. The van der Waals surface area contributed by atoms with E-state index in [9.17, 15) is 0 Å². The summed E-state index contributed by atoms with van der Waals surface area (Å²) in [6.07, 6.45) is 7.68. The Balaban J connectivity index is 2.25. The first kappa shape index (κ1) is 5.65. The molecule has 0 spiro atoms. The highest BCUT2D eigenvalue weighted by molar-refractivity contribution is 4.92. The van der Waals surface area contributed by atoms with Gasteiger partial charge in [-0.25, -0.2) is 0 Å². The fraction of sp³-hybridized carbons (Fsp3) is 0.714. The molecular formula is C7H12N+. The van der Waals surface area contributed by atoms with Crippen LogP contribution in [0.25, 0.3) is 0 Å². The van der Waals surface area contributed by atoms with Gasteiger partial charge in [0.15, 0.2) is 0 Å². The smallest absolute Gasteiger partial charge is 0.0767 e. The van der Waals surface area contributed by atoms with Crippen molar-refractivity contribution in [1.82, 2.24) is 0 Å². The van der Waals surface area contributed by atoms with Gasteiger partial charge in [-0.15, -0.1) is 12.3 Å². The van der Waals surface area contributed by atoms with Gasteiger partial charge in [0, 0.05) is 18.8 Å². The molecule has 1 saturated heterocycles. The predicted molar refractivity (Wildman–Crippen MR) is 33.2 cm³/mol. The molecule has 0 amide bonds. The van der Waals surface area contributed by atoms with E-state index in [-0.39, 0.29) is 0 Å². The Kier molecular flexibility index (Phi) is 1.93. The van der Waals surface area contributed by atoms with Crippen molar-refractivity contribution in [3.8, 4) is 12.3 Å². The highest BCUT2D eigenvalue weighted by atomic mass is 14.9. The van der Waals surface area contributed by atoms with Crippen molar-refractivity contribution < 1.29 is 5.32 Å². The van der Waals surface area contributed by atoms with E-state index in [1.807, 2.05) is 0 Å². The van der Waals surface area contributed by atoms with Crippen molar-refractivity contribution in [3.05, 3.63) is 0 Å². The third-order valence-electron chi connectivity index (χ3n) is 1.67. The molecule has 0 aromatic carbocycles. The summed E-state index contributed by atoms with van der Waals surface area (Å²) in [5.41, 5.74) is 0. The summed E-state index contributed by atoms with van der Waals surface area (Å²) in [7, 11) is 0. The van der Waals surface area contributed by atoms with Crippen molar-refractivity contribution in [3.63, 3.8) is 0 Å². The lowest BCUT2D eigenvalue weighted by atomic mass is 10.00. The summed E-state index contributed by atoms with van der Waals surface area (Å²) < 4.78 is 0. The Morgan fingerprint density at radius 1 is 1.38 bits per heavy atom. The van der Waals surface area contributed by atoms with Crippen LogP contribution in [0.15, 0.2) is 0 Å². The van der Waals surface area contributed by atoms with Gasteiger partial charge in [0.05, 0.1) is 13.1 Å². The summed E-state index contributed by atoms with van der Waals surface area (Å²) in [5.74, 6) is 3.37. The van der Waals surface area contributed by atoms with Gasteiger partial charge in [-0.05, 0) is 0 Å². The number of hydrogen-bond donors (Lipinski definition) is 1. The maximum Gasteiger partial charge on any atom is 0.0767 e. The molecule has 8 heavy (non-hydrogen) atoms. The van der Waals surface area contributed by atoms with Gasteiger partial charge >= 0.3 is 0 Å². The Bertz CT molecular complexity index is 95.4. The van der Waals surface area contributed by atoms with E-state index in [1.54, 1.807) is 0 Å². The van der Waals surface area contributed by atoms with Crippen molar-refractivity contribution in [2.24, 2.45) is 5.92 Å². The second-order valence-electron chi connectivity index (χ2n) is 2.31. The minimum absolute atomic E-state index is 0.583. The maximum absolute atomic E-state index is 5.24. The van der Waals surface area contributed by atoms with Crippen molar-refractivity contribution in [1.29, 1.82) is 0 Å². The lowest BCUT2D eigenvalue weighted by Gasteiger charge is -2.13. The number of quaternary nitrogens is 1. The molecule has 0 radical (unpaired) electrons. The molecule has 1 heteroatoms. The van der Waals surface area contributed by atoms with E-state index in [4.69, 9.17) is 6.42 Å². The first-order chi connectivity index (χ1) is 3.93. The first-order valence-corrected chi connectivity index (χ1v) is 3.21. The fourth-order valence-electron chi connectivity index (χ4n) is 1.09. The summed E-state index contributed by atoms with van der Waals surface area (Å²) in [4.78, 5) is 0. The predicted octanol–water partition coefficient (Wildman–Crippen LogP) is -0.407. The monoisotopic (exact) mass is 110 g/mol. The van der Waals surface area contributed by atoms with Gasteiger partial charge < -0.3 is 5.32 Å². The highest BCUT2D eigenvalue weighted by Gasteiger charge is 2.11. The quantitative estimate of drug-likeness (QED) is 0.408. The lowest BCUT2D eigenvalue weighted by molar-refractivity contribution is -0.664. The third kappa shape index (κ3) is 1.24. The van der Waals surface area contributed by atoms with Gasteiger partial charge in [0.1, 0.15) is 0 Å². The van der Waals surface area contributed by atoms with Crippen LogP contribution in [-0.4, -0.2) is 13.1 Å². The van der Waals surface area contributed by atoms with Gasteiger partial charge in [0.25, 0.3) is 0 Å². The van der Waals surface area contributed by atoms with Crippen LogP contribution in [0.3, 0.4) is 0 Å². The lowest BCUT2D eigenvalue weighted by Crippen LogP contribution is -2.86. The molecular weight excluding hydrogens is 98.1 g/mol. The van der Waals surface area contributed by atoms with Crippen LogP contribution in [0.2, 0.25) is 0 Å². The normalized spacial score (nSPS) is 22.4. The SMILES string of the molecule is C#CC1CC[NH2+]CC1. The molecule has 0 aliphatic carbocycles. The van der Waals surface area contributed by atoms with Crippen LogP contribution < -0.4 is 5.32 Å². The molecule has 1 rings (SSSR count). The molecule has 0 saturated carbocycles. The Hall–Kier alpha value is -0.480. The summed E-state index contributed by atoms with van der Waals surface area (Å²) >= 11 is 0. The summed E-state index contributed by atoms with van der Waals surface area (Å²) in [6.45, 7) is 2.46. The molecule has 1 aliphatic rings. The van der Waals surface area contributed by atoms with Gasteiger partial charge in [0.2, 0.25) is 0 Å². The Morgan fingerprint density at radius 3 is 2.38 bits per heavy atom. The van der Waals surface area contributed by atoms with Gasteiger partial charge in [-0.1, -0.05) is 0 Å². The van der Waals surface area contributed by atoms with Gasteiger partial charge in [-0.3, -0.25) is 0 Å². The van der Waals surface area contributed by atoms with Crippen LogP contribution in [-0.2, 0) is 0 Å². The van der Waals surface area contributed by atoms with Gasteiger partial charge in [-0.2, -0.15) is 0 Å². The molecule has 2 N–H and O–H groups in total. The molecule has 1 fully saturated rings. The van der Waals surface area contributed by atoms with Crippen LogP contribution in [0.4, 0.5) is 0 Å². The molecule has 0 aromatic heterocycles. The van der Waals surface area contributed by atoms with E-state index in [1.165, 1.54) is 25.9 Å². The minimum Gasteiger partial charge on any atom is -0.346 e. The van der Waals surface area contributed by atoms with Crippen LogP contribution in [0, 0.1) is 18.3 Å². The molecule has 1 nitrogen and oxygen atoms in total. The highest BCUT2D eigenvalue weighted by Crippen LogP contribution is 2.05. The molecule has 0 aromatic rings. The molecule has 0 atom stereocenters. The van der Waals surface area contributed by atoms with E-state index in [0.717, 1.165) is 0 Å². The number of hydrogen-bond acceptors (Lipinski definition) is 0. The number of nitrogens with two attached hydrogens (primary N) is 1. The zero-order valence-corrected chi connectivity index (χ0v) is 5.06. The van der Waals surface area contributed by atoms with Crippen molar-refractivity contribution >= 4 is 0 Å². The van der Waals surface area contributed by atoms with E-state index >= 15 is 0 Å². The Labute approximate surface area is 50.5 Å². The number of rotatable bonds is 0. The van der Waals surface area contributed by atoms with Crippen molar-refractivity contribution in [2.45, 2.75) is 12.8 Å². The molecule has 1 heterocycles. The van der Waals surface area contributed by atoms with Crippen molar-refractivity contribution in [2.75, 3.05) is 13.1 Å². The zero-order valence-electron chi connectivity index (χ0n) is 5.06. The van der Waals surface area contributed by atoms with E-state index in [0.29, 0.717) is 5.92 Å². The summed E-state index contributed by atoms with van der Waals surface area (Å²) in [5, 5.41) is 2.33. The second-order valence-corrected chi connectivity index (χ2v) is 2.31. The average molecular weight is 110 g/mol. The topological polar surface area (TPSA) is 16.6 Å². The first-order valence-electron chi connectivity index (χ1n) is 3.21. The number of piperidine rings is 1. The number of terminal acetylenes is 1. The van der Waals surface area contributed by atoms with E-state index < -0.39 is 0 Å². The fourth-order valence-corrected chi connectivity index (χ4v) is 1.09. The zero-order chi connectivity index (χ0) is 5.82. The standard InChI is InChI=1S/C7H11N/c1-2-7-3-5-8-6-4-7/h1,7-8H,3-6H2/p+1. The third-order valence-corrected chi connectivity index (χ3v) is 1.67. The average Bonchev–Trinajstić information content (AvgIpc) is 1.90. The van der Waals surface area contributed by atoms with Crippen LogP contribution in [0.5, 0.6) is 0 Å². The molecule has 0 bridgehead atoms. The van der Waals surface area contributed by atoms with Crippen LogP contribution >= 0.6 is 0 Å².